The molecule has 0 spiro atoms. The molecule has 1 aromatic carbocycles. The minimum Gasteiger partial charge on any atom is -0.511 e. The van der Waals surface area contributed by atoms with Gasteiger partial charge in [0.05, 0.1) is 37.9 Å². The van der Waals surface area contributed by atoms with Crippen LogP contribution in [0.25, 0.3) is 11.8 Å². The van der Waals surface area contributed by atoms with Gasteiger partial charge in [-0.1, -0.05) is 0 Å². The molecule has 2 fully saturated rings. The molecule has 10 unspecified atom stereocenters. The Labute approximate surface area is 227 Å². The van der Waals surface area contributed by atoms with Crippen LogP contribution in [0.2, 0.25) is 0 Å². The molecule has 14 heteroatoms. The van der Waals surface area contributed by atoms with E-state index in [1.54, 1.807) is 19.1 Å². The highest BCUT2D eigenvalue weighted by atomic mass is 16.7. The smallest absolute Gasteiger partial charge is 0.229 e. The number of allylic oxidation sites excluding steroid dienone is 2. The van der Waals surface area contributed by atoms with E-state index in [2.05, 4.69) is 0 Å². The lowest BCUT2D eigenvalue weighted by Crippen LogP contribution is -2.61. The van der Waals surface area contributed by atoms with Crippen molar-refractivity contribution in [3.8, 4) is 11.5 Å². The van der Waals surface area contributed by atoms with Crippen LogP contribution in [0.5, 0.6) is 11.5 Å². The predicted octanol–water partition coefficient (Wildman–Crippen LogP) is -3.71. The molecule has 14 nitrogen and oxygen atoms in total. The van der Waals surface area contributed by atoms with Crippen LogP contribution in [0.4, 0.5) is 0 Å². The van der Waals surface area contributed by atoms with Crippen LogP contribution in [-0.4, -0.2) is 123 Å². The Kier molecular flexibility index (Phi) is 7.82. The summed E-state index contributed by atoms with van der Waals surface area (Å²) in [5.74, 6) is -1.08. The number of aliphatic hydroxyl groups excluding tert-OH is 6. The first kappa shape index (κ1) is 28.7. The summed E-state index contributed by atoms with van der Waals surface area (Å²) in [6.45, 7) is -0.0304. The molecule has 40 heavy (non-hydrogen) atoms. The molecule has 0 aromatic heterocycles. The third kappa shape index (κ3) is 4.95. The first-order valence-corrected chi connectivity index (χ1v) is 12.6. The van der Waals surface area contributed by atoms with Gasteiger partial charge in [0.2, 0.25) is 6.29 Å². The Morgan fingerprint density at radius 2 is 1.85 bits per heavy atom. The van der Waals surface area contributed by atoms with E-state index < -0.39 is 80.5 Å². The molecule has 3 aliphatic heterocycles. The van der Waals surface area contributed by atoms with Gasteiger partial charge >= 0.3 is 0 Å². The van der Waals surface area contributed by atoms with Gasteiger partial charge in [-0.15, -0.1) is 0 Å². The number of aliphatic hydroxyl groups is 7. The number of fused-ring (bicyclic) bond motifs is 2. The van der Waals surface area contributed by atoms with Crippen LogP contribution >= 0.6 is 0 Å². The number of hydrogen-bond donors (Lipinski definition) is 7. The van der Waals surface area contributed by atoms with Crippen LogP contribution in [-0.2, 0) is 23.7 Å². The van der Waals surface area contributed by atoms with Crippen molar-refractivity contribution in [2.45, 2.75) is 61.7 Å². The second-order valence-corrected chi connectivity index (χ2v) is 10.2. The van der Waals surface area contributed by atoms with Gasteiger partial charge in [-0.3, -0.25) is 4.79 Å². The highest BCUT2D eigenvalue weighted by molar-refractivity contribution is 5.99. The monoisotopic (exact) mass is 568 g/mol. The highest BCUT2D eigenvalue weighted by Crippen LogP contribution is 2.31. The van der Waals surface area contributed by atoms with Crippen molar-refractivity contribution in [2.24, 2.45) is 5.92 Å². The third-order valence-corrected chi connectivity index (χ3v) is 7.46. The van der Waals surface area contributed by atoms with Crippen LogP contribution in [0.3, 0.4) is 0 Å². The first-order valence-electron chi connectivity index (χ1n) is 12.6. The predicted molar refractivity (Wildman–Crippen MR) is 131 cm³/mol. The molecular formula is C26H32O14. The summed E-state index contributed by atoms with van der Waals surface area (Å²) < 4.78 is 33.3. The normalized spacial score (nSPS) is 39.0. The van der Waals surface area contributed by atoms with Gasteiger partial charge in [-0.05, 0) is 24.3 Å². The quantitative estimate of drug-likeness (QED) is 0.169. The maximum Gasteiger partial charge on any atom is 0.229 e. The number of ether oxygens (including phenoxy) is 6. The summed E-state index contributed by atoms with van der Waals surface area (Å²) in [5, 5.41) is 73.0. The Morgan fingerprint density at radius 1 is 1.10 bits per heavy atom. The van der Waals surface area contributed by atoms with Crippen molar-refractivity contribution in [3.05, 3.63) is 34.4 Å². The van der Waals surface area contributed by atoms with E-state index in [9.17, 15) is 40.5 Å². The molecule has 0 radical (unpaired) electrons. The molecule has 5 rings (SSSR count). The summed E-state index contributed by atoms with van der Waals surface area (Å²) >= 11 is 0. The zero-order valence-corrected chi connectivity index (χ0v) is 21.6. The number of benzene rings is 1. The molecule has 1 aliphatic carbocycles. The molecule has 10 atom stereocenters. The minimum atomic E-state index is -1.93. The molecule has 3 heterocycles. The standard InChI is InChI=1S/C26H32O14/c1-10-3-13(28)18-14(38-10)5-11-4-12(35-2)6-15(17(11)20(18)30)39-24-22(32)21(31)19(29)16(40-24)7-36-25-23(33)26(34,8-27)9-37-25/h3-6,14,16,18-19,21-25,27,29-34H,7-9H2,1-2H3. The maximum atomic E-state index is 12.7. The van der Waals surface area contributed by atoms with Crippen LogP contribution in [0.15, 0.2) is 24.0 Å². The van der Waals surface area contributed by atoms with Gasteiger partial charge in [0.1, 0.15) is 65.4 Å². The van der Waals surface area contributed by atoms with E-state index in [0.717, 1.165) is 0 Å². The fraction of sp³-hybridized carbons (Fsp3) is 0.577. The average Bonchev–Trinajstić information content (AvgIpc) is 3.21. The van der Waals surface area contributed by atoms with Gasteiger partial charge in [0.25, 0.3) is 0 Å². The van der Waals surface area contributed by atoms with Crippen molar-refractivity contribution in [1.29, 1.82) is 0 Å². The molecular weight excluding hydrogens is 536 g/mol. The molecule has 0 amide bonds. The number of carbonyl (C=O) groups excluding carboxylic acids is 1. The number of rotatable bonds is 7. The van der Waals surface area contributed by atoms with Gasteiger partial charge in [0, 0.05) is 12.1 Å². The van der Waals surface area contributed by atoms with E-state index in [4.69, 9.17) is 28.4 Å². The van der Waals surface area contributed by atoms with E-state index in [1.165, 1.54) is 19.3 Å². The topological polar surface area (TPSA) is 214 Å². The van der Waals surface area contributed by atoms with Crippen molar-refractivity contribution in [2.75, 3.05) is 26.9 Å². The maximum absolute atomic E-state index is 12.7. The second kappa shape index (κ2) is 10.9. The highest BCUT2D eigenvalue weighted by Gasteiger charge is 2.50. The number of methoxy groups -OCH3 is 1. The van der Waals surface area contributed by atoms with Gasteiger partial charge in [0.15, 0.2) is 12.1 Å². The largest absolute Gasteiger partial charge is 0.511 e. The third-order valence-electron chi connectivity index (χ3n) is 7.46. The Hall–Kier alpha value is -2.79. The first-order chi connectivity index (χ1) is 19.0. The number of ketones is 1. The molecule has 0 saturated carbocycles. The van der Waals surface area contributed by atoms with Crippen LogP contribution in [0, 0.1) is 5.92 Å². The van der Waals surface area contributed by atoms with E-state index in [0.29, 0.717) is 16.7 Å². The summed E-state index contributed by atoms with van der Waals surface area (Å²) in [6.07, 6.45) is -8.89. The summed E-state index contributed by atoms with van der Waals surface area (Å²) in [4.78, 5) is 12.7. The summed E-state index contributed by atoms with van der Waals surface area (Å²) in [5.41, 5.74) is -1.93. The average molecular weight is 569 g/mol. The Morgan fingerprint density at radius 3 is 2.52 bits per heavy atom. The fourth-order valence-corrected chi connectivity index (χ4v) is 5.15. The van der Waals surface area contributed by atoms with Crippen LogP contribution in [0.1, 0.15) is 6.92 Å². The fourth-order valence-electron chi connectivity index (χ4n) is 5.15. The van der Waals surface area contributed by atoms with Gasteiger partial charge in [-0.25, -0.2) is 0 Å². The van der Waals surface area contributed by atoms with Crippen LogP contribution < -0.4 is 19.9 Å². The summed E-state index contributed by atoms with van der Waals surface area (Å²) in [7, 11) is 1.41. The molecule has 4 aliphatic rings. The van der Waals surface area contributed by atoms with E-state index >= 15 is 0 Å². The molecule has 220 valence electrons. The van der Waals surface area contributed by atoms with Crippen molar-refractivity contribution < 1.29 is 69.0 Å². The Balaban J connectivity index is 1.41. The molecule has 7 N–H and O–H groups in total. The van der Waals surface area contributed by atoms with Gasteiger partial charge < -0.3 is 64.2 Å². The lowest BCUT2D eigenvalue weighted by atomic mass is 9.86. The lowest BCUT2D eigenvalue weighted by molar-refractivity contribution is -0.289. The van der Waals surface area contributed by atoms with E-state index in [1.807, 2.05) is 0 Å². The summed E-state index contributed by atoms with van der Waals surface area (Å²) in [6, 6.07) is 3.00. The zero-order chi connectivity index (χ0) is 28.9. The van der Waals surface area contributed by atoms with E-state index in [-0.39, 0.29) is 22.5 Å². The number of carbonyl (C=O) groups is 1. The molecule has 1 aromatic rings. The zero-order valence-electron chi connectivity index (χ0n) is 21.6. The molecule has 0 bridgehead atoms. The van der Waals surface area contributed by atoms with Gasteiger partial charge in [-0.2, -0.15) is 0 Å². The molecule has 2 saturated heterocycles. The second-order valence-electron chi connectivity index (χ2n) is 10.2. The number of hydrogen-bond acceptors (Lipinski definition) is 14. The SMILES string of the molecule is COc1cc(OC2OC(COC3OCC(O)(CO)C3O)C(O)C(O)C2O)c2c(c1)=CC1OC(C)=CC(=O)C1C=2O. The minimum absolute atomic E-state index is 0.0458. The van der Waals surface area contributed by atoms with Crippen molar-refractivity contribution in [1.82, 2.24) is 0 Å². The van der Waals surface area contributed by atoms with Crippen molar-refractivity contribution in [3.63, 3.8) is 0 Å². The Bertz CT molecular complexity index is 1290. The van der Waals surface area contributed by atoms with Crippen molar-refractivity contribution >= 4 is 17.6 Å². The lowest BCUT2D eigenvalue weighted by Gasteiger charge is -2.40.